The molecule has 21 heavy (non-hydrogen) atoms. The third-order valence-electron chi connectivity index (χ3n) is 3.25. The van der Waals surface area contributed by atoms with Gasteiger partial charge in [-0.1, -0.05) is 30.3 Å². The average Bonchev–Trinajstić information content (AvgIpc) is 2.34. The quantitative estimate of drug-likeness (QED) is 0.737. The fourth-order valence-corrected chi connectivity index (χ4v) is 15.2. The summed E-state index contributed by atoms with van der Waals surface area (Å²) in [5, 5.41) is 1.24. The summed E-state index contributed by atoms with van der Waals surface area (Å²) in [6.45, 7) is 14.2. The largest absolute Gasteiger partial charge is 0.433 e. The normalized spacial score (nSPS) is 15.8. The molecule has 1 rings (SSSR count). The first-order valence-corrected chi connectivity index (χ1v) is 16.6. The van der Waals surface area contributed by atoms with Crippen molar-refractivity contribution in [3.63, 3.8) is 0 Å². The first-order chi connectivity index (χ1) is 9.58. The van der Waals surface area contributed by atoms with Gasteiger partial charge in [-0.05, 0) is 63.5 Å². The van der Waals surface area contributed by atoms with Gasteiger partial charge < -0.3 is 14.0 Å². The predicted octanol–water partition coefficient (Wildman–Crippen LogP) is 3.39. The number of hydrogen-bond donors (Lipinski definition) is 1. The molecule has 0 saturated heterocycles. The molecule has 0 amide bonds. The van der Waals surface area contributed by atoms with E-state index in [4.69, 9.17) is 14.0 Å². The van der Waals surface area contributed by atoms with Crippen molar-refractivity contribution in [2.75, 3.05) is 6.54 Å². The molecule has 0 saturated carbocycles. The van der Waals surface area contributed by atoms with Crippen molar-refractivity contribution in [1.82, 2.24) is 0 Å². The van der Waals surface area contributed by atoms with Gasteiger partial charge in [0, 0.05) is 0 Å². The van der Waals surface area contributed by atoms with E-state index in [0.717, 1.165) is 19.0 Å². The molecule has 1 aromatic carbocycles. The van der Waals surface area contributed by atoms with Crippen LogP contribution in [0.4, 0.5) is 0 Å². The molecule has 0 spiro atoms. The number of benzene rings is 1. The van der Waals surface area contributed by atoms with Crippen LogP contribution < -0.4 is 10.9 Å². The maximum absolute atomic E-state index is 6.72. The molecule has 0 aliphatic rings. The molecule has 1 aromatic rings. The highest BCUT2D eigenvalue weighted by Crippen LogP contribution is 2.23. The molecule has 0 aliphatic heterocycles. The lowest BCUT2D eigenvalue weighted by Gasteiger charge is -2.40. The molecule has 3 nitrogen and oxygen atoms in total. The zero-order chi connectivity index (χ0) is 16.1. The van der Waals surface area contributed by atoms with Crippen LogP contribution >= 0.6 is 0 Å². The monoisotopic (exact) mass is 341 g/mol. The molecule has 0 aliphatic carbocycles. The van der Waals surface area contributed by atoms with E-state index in [1.807, 2.05) is 6.07 Å². The van der Waals surface area contributed by atoms with Crippen LogP contribution in [0.25, 0.3) is 0 Å². The van der Waals surface area contributed by atoms with Gasteiger partial charge in [0.2, 0.25) is 0 Å². The molecule has 6 heteroatoms. The van der Waals surface area contributed by atoms with Gasteiger partial charge in [0.25, 0.3) is 0 Å². The second kappa shape index (κ2) is 7.34. The van der Waals surface area contributed by atoms with Crippen molar-refractivity contribution in [3.05, 3.63) is 30.3 Å². The summed E-state index contributed by atoms with van der Waals surface area (Å²) in [7, 11) is -5.80. The molecular formula is C15H31NO2Si3. The van der Waals surface area contributed by atoms with E-state index in [2.05, 4.69) is 63.5 Å². The van der Waals surface area contributed by atoms with E-state index >= 15 is 0 Å². The Morgan fingerprint density at radius 3 is 1.95 bits per heavy atom. The average molecular weight is 342 g/mol. The lowest BCUT2D eigenvalue weighted by atomic mass is 10.4. The van der Waals surface area contributed by atoms with Crippen LogP contribution in [0.1, 0.15) is 6.42 Å². The minimum absolute atomic E-state index is 0.734. The second-order valence-electron chi connectivity index (χ2n) is 7.28. The Balaban J connectivity index is 3.03. The number of hydrogen-bond acceptors (Lipinski definition) is 3. The van der Waals surface area contributed by atoms with Crippen molar-refractivity contribution in [2.45, 2.75) is 51.7 Å². The Labute approximate surface area is 133 Å². The van der Waals surface area contributed by atoms with Crippen LogP contribution in [0.5, 0.6) is 0 Å². The molecule has 0 heterocycles. The maximum Gasteiger partial charge on any atom is 0.348 e. The van der Waals surface area contributed by atoms with Gasteiger partial charge in [-0.2, -0.15) is 0 Å². The fraction of sp³-hybridized carbons (Fsp3) is 0.600. The van der Waals surface area contributed by atoms with Crippen molar-refractivity contribution in [3.8, 4) is 0 Å². The third-order valence-corrected chi connectivity index (χ3v) is 14.0. The molecule has 0 radical (unpaired) electrons. The highest BCUT2D eigenvalue weighted by atomic mass is 28.5. The Morgan fingerprint density at radius 2 is 1.48 bits per heavy atom. The van der Waals surface area contributed by atoms with E-state index in [-0.39, 0.29) is 0 Å². The summed E-state index contributed by atoms with van der Waals surface area (Å²) in [4.78, 5) is 0. The van der Waals surface area contributed by atoms with Crippen LogP contribution in [0.15, 0.2) is 30.3 Å². The lowest BCUT2D eigenvalue weighted by molar-refractivity contribution is 0.400. The van der Waals surface area contributed by atoms with Crippen molar-refractivity contribution < 1.29 is 8.23 Å². The van der Waals surface area contributed by atoms with Crippen LogP contribution in [-0.2, 0) is 8.23 Å². The van der Waals surface area contributed by atoms with E-state index in [0.29, 0.717) is 0 Å². The van der Waals surface area contributed by atoms with Gasteiger partial charge in [0.15, 0.2) is 16.6 Å². The zero-order valence-electron chi connectivity index (χ0n) is 14.4. The molecule has 120 valence electrons. The van der Waals surface area contributed by atoms with Crippen LogP contribution in [0.3, 0.4) is 0 Å². The summed E-state index contributed by atoms with van der Waals surface area (Å²) >= 11 is 0. The molecule has 2 N–H and O–H groups in total. The topological polar surface area (TPSA) is 44.5 Å². The zero-order valence-corrected chi connectivity index (χ0v) is 17.4. The molecule has 1 atom stereocenters. The van der Waals surface area contributed by atoms with Crippen molar-refractivity contribution >= 4 is 30.4 Å². The van der Waals surface area contributed by atoms with E-state index < -0.39 is 25.2 Å². The summed E-state index contributed by atoms with van der Waals surface area (Å²) in [5.41, 5.74) is 5.67. The fourth-order valence-electron chi connectivity index (χ4n) is 2.57. The van der Waals surface area contributed by atoms with Gasteiger partial charge in [0.1, 0.15) is 0 Å². The first-order valence-electron chi connectivity index (χ1n) is 7.74. The minimum Gasteiger partial charge on any atom is -0.433 e. The molecule has 0 fully saturated rings. The Morgan fingerprint density at radius 1 is 0.905 bits per heavy atom. The first kappa shape index (κ1) is 18.8. The Bertz CT molecular complexity index is 434. The summed E-state index contributed by atoms with van der Waals surface area (Å²) < 4.78 is 13.3. The van der Waals surface area contributed by atoms with E-state index in [1.54, 1.807) is 0 Å². The smallest absolute Gasteiger partial charge is 0.348 e. The second-order valence-corrected chi connectivity index (χ2v) is 19.6. The predicted molar refractivity (Wildman–Crippen MR) is 99.2 cm³/mol. The highest BCUT2D eigenvalue weighted by Gasteiger charge is 2.43. The highest BCUT2D eigenvalue weighted by molar-refractivity contribution is 6.94. The SMILES string of the molecule is C[Si](C)(C)O[Si](C)(O[Si](C)(C)CCCN)c1ccccc1. The standard InChI is InChI=1S/C15H31NO2Si3/c1-19(2,3)17-21(6,15-11-8-7-9-12-15)18-20(4,5)14-10-13-16/h7-9,11-12H,10,13-14,16H2,1-6H3. The number of nitrogens with two attached hydrogens (primary N) is 1. The molecular weight excluding hydrogens is 310 g/mol. The molecule has 0 bridgehead atoms. The van der Waals surface area contributed by atoms with Crippen LogP contribution in [0.2, 0.25) is 45.3 Å². The third kappa shape index (κ3) is 6.58. The van der Waals surface area contributed by atoms with Crippen molar-refractivity contribution in [1.29, 1.82) is 0 Å². The van der Waals surface area contributed by atoms with Gasteiger partial charge in [0.05, 0.1) is 0 Å². The van der Waals surface area contributed by atoms with Gasteiger partial charge in [-0.15, -0.1) is 0 Å². The Hall–Kier alpha value is -0.249. The van der Waals surface area contributed by atoms with Crippen LogP contribution in [0, 0.1) is 0 Å². The summed E-state index contributed by atoms with van der Waals surface area (Å²) in [6, 6.07) is 11.6. The molecule has 1 unspecified atom stereocenters. The maximum atomic E-state index is 6.72. The summed E-state index contributed by atoms with van der Waals surface area (Å²) in [5.74, 6) is 0. The van der Waals surface area contributed by atoms with Gasteiger partial charge in [-0.25, -0.2) is 0 Å². The minimum atomic E-state index is -2.36. The molecule has 0 aromatic heterocycles. The summed E-state index contributed by atoms with van der Waals surface area (Å²) in [6.07, 6.45) is 1.03. The van der Waals surface area contributed by atoms with Gasteiger partial charge in [-0.3, -0.25) is 0 Å². The Kier molecular flexibility index (Phi) is 6.57. The van der Waals surface area contributed by atoms with E-state index in [1.165, 1.54) is 5.19 Å². The van der Waals surface area contributed by atoms with E-state index in [9.17, 15) is 0 Å². The van der Waals surface area contributed by atoms with Gasteiger partial charge >= 0.3 is 8.56 Å². The number of rotatable bonds is 8. The lowest BCUT2D eigenvalue weighted by Crippen LogP contribution is -2.60. The van der Waals surface area contributed by atoms with Crippen molar-refractivity contribution in [2.24, 2.45) is 5.73 Å². The van der Waals surface area contributed by atoms with Crippen LogP contribution in [-0.4, -0.2) is 31.7 Å².